The summed E-state index contributed by atoms with van der Waals surface area (Å²) in [5, 5.41) is 5.62. The molecule has 3 aromatic rings. The summed E-state index contributed by atoms with van der Waals surface area (Å²) in [6.45, 7) is 3.26. The van der Waals surface area contributed by atoms with E-state index in [9.17, 15) is 13.2 Å². The number of hydrogen-bond acceptors (Lipinski definition) is 7. The van der Waals surface area contributed by atoms with Crippen molar-refractivity contribution in [3.8, 4) is 11.3 Å². The van der Waals surface area contributed by atoms with Crippen molar-refractivity contribution in [3.05, 3.63) is 40.8 Å². The molecule has 0 atom stereocenters. The largest absolute Gasteiger partial charge is 0.302 e. The van der Waals surface area contributed by atoms with E-state index in [0.29, 0.717) is 5.69 Å². The minimum Gasteiger partial charge on any atom is -0.302 e. The monoisotopic (exact) mass is 394 g/mol. The summed E-state index contributed by atoms with van der Waals surface area (Å²) in [5.74, 6) is -0.306. The highest BCUT2D eigenvalue weighted by Crippen LogP contribution is 2.27. The number of sulfonamides is 1. The first-order valence-corrected chi connectivity index (χ1v) is 10.3. The molecule has 2 heterocycles. The number of carbonyl (C=O) groups is 1. The topological polar surface area (TPSA) is 101 Å². The van der Waals surface area contributed by atoms with Crippen LogP contribution < -0.4 is 10.0 Å². The number of hydrogen-bond donors (Lipinski definition) is 2. The molecular formula is C15H14N4O3S3. The Kier molecular flexibility index (Phi) is 4.84. The van der Waals surface area contributed by atoms with Crippen molar-refractivity contribution in [2.24, 2.45) is 0 Å². The summed E-state index contributed by atoms with van der Waals surface area (Å²) in [4.78, 5) is 19.3. The second-order valence-electron chi connectivity index (χ2n) is 5.10. The predicted octanol–water partition coefficient (Wildman–Crippen LogP) is 3.33. The third-order valence-corrected chi connectivity index (χ3v) is 6.61. The van der Waals surface area contributed by atoms with Gasteiger partial charge in [0.25, 0.3) is 10.0 Å². The van der Waals surface area contributed by atoms with E-state index < -0.39 is 10.0 Å². The molecule has 0 aliphatic rings. The number of thiazole rings is 2. The smallest absolute Gasteiger partial charge is 0.273 e. The van der Waals surface area contributed by atoms with Crippen LogP contribution in [-0.4, -0.2) is 24.3 Å². The molecule has 0 fully saturated rings. The molecule has 130 valence electrons. The van der Waals surface area contributed by atoms with Crippen LogP contribution in [0.3, 0.4) is 0 Å². The number of amides is 1. The number of aryl methyl sites for hydroxylation is 1. The highest BCUT2D eigenvalue weighted by Gasteiger charge is 2.18. The molecule has 0 bridgehead atoms. The molecule has 0 aliphatic heterocycles. The van der Waals surface area contributed by atoms with Gasteiger partial charge in [-0.1, -0.05) is 23.5 Å². The van der Waals surface area contributed by atoms with E-state index in [2.05, 4.69) is 20.0 Å². The molecule has 0 unspecified atom stereocenters. The van der Waals surface area contributed by atoms with Gasteiger partial charge in [0.1, 0.15) is 0 Å². The Morgan fingerprint density at radius 1 is 1.20 bits per heavy atom. The minimum absolute atomic E-state index is 0.0236. The number of anilines is 2. The van der Waals surface area contributed by atoms with Gasteiger partial charge in [-0.05, 0) is 19.1 Å². The van der Waals surface area contributed by atoms with Crippen LogP contribution in [0.25, 0.3) is 11.3 Å². The maximum Gasteiger partial charge on any atom is 0.273 e. The average molecular weight is 395 g/mol. The number of benzene rings is 1. The van der Waals surface area contributed by atoms with Crippen molar-refractivity contribution in [1.82, 2.24) is 9.97 Å². The van der Waals surface area contributed by atoms with Crippen molar-refractivity contribution in [3.63, 3.8) is 0 Å². The van der Waals surface area contributed by atoms with Crippen molar-refractivity contribution in [2.45, 2.75) is 18.1 Å². The third kappa shape index (κ3) is 4.21. The predicted molar refractivity (Wildman–Crippen MR) is 99.5 cm³/mol. The Hall–Kier alpha value is -2.30. The summed E-state index contributed by atoms with van der Waals surface area (Å²) < 4.78 is 27.3. The molecule has 2 N–H and O–H groups in total. The van der Waals surface area contributed by atoms with Gasteiger partial charge in [0.05, 0.1) is 16.9 Å². The highest BCUT2D eigenvalue weighted by atomic mass is 32.2. The SMILES string of the molecule is CC(=O)Nc1ncc(S(=O)(=O)Nc2ccc(-c3csc(C)n3)cc2)s1. The molecule has 0 saturated heterocycles. The van der Waals surface area contributed by atoms with Crippen LogP contribution in [0.15, 0.2) is 40.1 Å². The van der Waals surface area contributed by atoms with Gasteiger partial charge in [0, 0.05) is 23.6 Å². The Morgan fingerprint density at radius 3 is 2.52 bits per heavy atom. The van der Waals surface area contributed by atoms with Crippen LogP contribution in [0.1, 0.15) is 11.9 Å². The summed E-state index contributed by atoms with van der Waals surface area (Å²) in [7, 11) is -3.76. The second-order valence-corrected chi connectivity index (χ2v) is 9.10. The molecule has 7 nitrogen and oxygen atoms in total. The highest BCUT2D eigenvalue weighted by molar-refractivity contribution is 7.94. The lowest BCUT2D eigenvalue weighted by Gasteiger charge is -2.06. The zero-order chi connectivity index (χ0) is 18.0. The van der Waals surface area contributed by atoms with Crippen LogP contribution in [0.5, 0.6) is 0 Å². The van der Waals surface area contributed by atoms with Gasteiger partial charge < -0.3 is 5.32 Å². The van der Waals surface area contributed by atoms with Crippen molar-refractivity contribution >= 4 is 49.4 Å². The van der Waals surface area contributed by atoms with Crippen molar-refractivity contribution in [1.29, 1.82) is 0 Å². The molecule has 0 radical (unpaired) electrons. The lowest BCUT2D eigenvalue weighted by atomic mass is 10.1. The normalized spacial score (nSPS) is 11.3. The van der Waals surface area contributed by atoms with Gasteiger partial charge in [-0.25, -0.2) is 18.4 Å². The summed E-state index contributed by atoms with van der Waals surface area (Å²) in [6.07, 6.45) is 1.21. The van der Waals surface area contributed by atoms with Crippen molar-refractivity contribution in [2.75, 3.05) is 10.0 Å². The zero-order valence-corrected chi connectivity index (χ0v) is 15.8. The van der Waals surface area contributed by atoms with Crippen molar-refractivity contribution < 1.29 is 13.2 Å². The Morgan fingerprint density at radius 2 is 1.92 bits per heavy atom. The number of aromatic nitrogens is 2. The standard InChI is InChI=1S/C15H14N4O3S3/c1-9(20)17-15-16-7-14(24-15)25(21,22)19-12-5-3-11(4-6-12)13-8-23-10(2)18-13/h3-8,19H,1-2H3,(H,16,17,20). The van der Waals surface area contributed by atoms with E-state index in [-0.39, 0.29) is 15.2 Å². The fourth-order valence-corrected chi connectivity index (χ4v) is 4.76. The third-order valence-electron chi connectivity index (χ3n) is 3.08. The molecule has 0 spiro atoms. The quantitative estimate of drug-likeness (QED) is 0.691. The van der Waals surface area contributed by atoms with E-state index in [1.807, 2.05) is 24.4 Å². The Labute approximate surface area is 152 Å². The van der Waals surface area contributed by atoms with Crippen LogP contribution >= 0.6 is 22.7 Å². The number of carbonyl (C=O) groups excluding carboxylic acids is 1. The van der Waals surface area contributed by atoms with Crippen LogP contribution in [0.2, 0.25) is 0 Å². The Bertz CT molecular complexity index is 1010. The second kappa shape index (κ2) is 6.90. The van der Waals surface area contributed by atoms with Gasteiger partial charge in [0.15, 0.2) is 9.34 Å². The minimum atomic E-state index is -3.76. The van der Waals surface area contributed by atoms with Gasteiger partial charge in [-0.15, -0.1) is 11.3 Å². The molecule has 1 amide bonds. The Balaban J connectivity index is 1.76. The molecule has 10 heteroatoms. The fourth-order valence-electron chi connectivity index (χ4n) is 2.00. The lowest BCUT2D eigenvalue weighted by Crippen LogP contribution is -2.11. The number of nitrogens with zero attached hydrogens (tertiary/aromatic N) is 2. The average Bonchev–Trinajstić information content (AvgIpc) is 3.17. The molecule has 0 saturated carbocycles. The first-order valence-electron chi connectivity index (χ1n) is 7.12. The van der Waals surface area contributed by atoms with Crippen LogP contribution in [0.4, 0.5) is 10.8 Å². The molecule has 1 aromatic carbocycles. The van der Waals surface area contributed by atoms with E-state index in [1.165, 1.54) is 13.1 Å². The molecule has 0 aliphatic carbocycles. The van der Waals surface area contributed by atoms with E-state index in [4.69, 9.17) is 0 Å². The van der Waals surface area contributed by atoms with E-state index in [0.717, 1.165) is 27.6 Å². The lowest BCUT2D eigenvalue weighted by molar-refractivity contribution is -0.114. The number of nitrogens with one attached hydrogen (secondary N) is 2. The summed E-state index contributed by atoms with van der Waals surface area (Å²) in [6, 6.07) is 6.97. The van der Waals surface area contributed by atoms with Gasteiger partial charge in [0.2, 0.25) is 5.91 Å². The first kappa shape index (κ1) is 17.5. The molecule has 25 heavy (non-hydrogen) atoms. The van der Waals surface area contributed by atoms with Gasteiger partial charge in [-0.2, -0.15) is 0 Å². The maximum atomic E-state index is 12.4. The number of rotatable bonds is 5. The maximum absolute atomic E-state index is 12.4. The zero-order valence-electron chi connectivity index (χ0n) is 13.3. The molecule has 2 aromatic heterocycles. The van der Waals surface area contributed by atoms with E-state index >= 15 is 0 Å². The summed E-state index contributed by atoms with van der Waals surface area (Å²) >= 11 is 2.45. The molecule has 3 rings (SSSR count). The fraction of sp³-hybridized carbons (Fsp3) is 0.133. The van der Waals surface area contributed by atoms with Gasteiger partial charge >= 0.3 is 0 Å². The first-order chi connectivity index (χ1) is 11.8. The summed E-state index contributed by atoms with van der Waals surface area (Å²) in [5.41, 5.74) is 2.21. The van der Waals surface area contributed by atoms with Gasteiger partial charge in [-0.3, -0.25) is 9.52 Å². The van der Waals surface area contributed by atoms with Crippen LogP contribution in [-0.2, 0) is 14.8 Å². The molecular weight excluding hydrogens is 380 g/mol. The van der Waals surface area contributed by atoms with Crippen LogP contribution in [0, 0.1) is 6.92 Å². The van der Waals surface area contributed by atoms with E-state index in [1.54, 1.807) is 23.5 Å².